The molecule has 0 saturated carbocycles. The van der Waals surface area contributed by atoms with Gasteiger partial charge in [0, 0.05) is 10.7 Å². The molecule has 1 aromatic heterocycles. The van der Waals surface area contributed by atoms with Crippen LogP contribution in [0.4, 0.5) is 11.6 Å². The highest BCUT2D eigenvalue weighted by molar-refractivity contribution is 7.19. The van der Waals surface area contributed by atoms with E-state index in [4.69, 9.17) is 0 Å². The molecule has 4 aromatic carbocycles. The van der Waals surface area contributed by atoms with E-state index in [-0.39, 0.29) is 0 Å². The second-order valence-electron chi connectivity index (χ2n) is 11.0. The van der Waals surface area contributed by atoms with Crippen molar-refractivity contribution in [1.82, 2.24) is 4.57 Å². The van der Waals surface area contributed by atoms with Crippen LogP contribution in [-0.4, -0.2) is 10.7 Å². The number of fused-ring (bicyclic) bond motifs is 1. The van der Waals surface area contributed by atoms with Gasteiger partial charge in [0.05, 0.1) is 26.5 Å². The van der Waals surface area contributed by atoms with Gasteiger partial charge in [-0.05, 0) is 11.6 Å². The Bertz CT molecular complexity index is 1730. The Morgan fingerprint density at radius 2 is 0.932 bits per heavy atom. The first kappa shape index (κ1) is 28.6. The fraction of sp³-hybridized carbons (Fsp3) is 0.0513. The zero-order valence-electron chi connectivity index (χ0n) is 25.1. The lowest BCUT2D eigenvalue weighted by Gasteiger charge is -2.44. The fourth-order valence-electron chi connectivity index (χ4n) is 6.23. The second kappa shape index (κ2) is 13.2. The second-order valence-corrected chi connectivity index (χ2v) is 11.0. The molecule has 0 saturated heterocycles. The topological polar surface area (TPSA) is 33.5 Å². The number of rotatable bonds is 6. The summed E-state index contributed by atoms with van der Waals surface area (Å²) in [6.07, 6.45) is 2.70. The molecular weight excluding hydrogens is 535 g/mol. The maximum atomic E-state index is 4.37. The van der Waals surface area contributed by atoms with Crippen molar-refractivity contribution in [3.8, 4) is 11.1 Å². The summed E-state index contributed by atoms with van der Waals surface area (Å²) in [5.74, 6) is 0.814. The minimum atomic E-state index is -1.22. The van der Waals surface area contributed by atoms with E-state index < -0.39 is 6.15 Å². The van der Waals surface area contributed by atoms with Crippen LogP contribution in [0.2, 0.25) is 0 Å². The maximum absolute atomic E-state index is 4.37. The number of nitrogens with zero attached hydrogens (tertiary/aromatic N) is 4. The normalized spacial score (nSPS) is 11.3. The smallest absolute Gasteiger partial charge is 0.233 e. The molecular formula is C39H35BN4. The Kier molecular flexibility index (Phi) is 8.56. The summed E-state index contributed by atoms with van der Waals surface area (Å²) >= 11 is 0. The monoisotopic (exact) mass is 570 g/mol. The molecule has 44 heavy (non-hydrogen) atoms. The highest BCUT2D eigenvalue weighted by Crippen LogP contribution is 2.34. The summed E-state index contributed by atoms with van der Waals surface area (Å²) < 4.78 is 3.88. The summed E-state index contributed by atoms with van der Waals surface area (Å²) in [6, 6.07) is 57.8. The van der Waals surface area contributed by atoms with Gasteiger partial charge in [-0.3, -0.25) is 0 Å². The van der Waals surface area contributed by atoms with E-state index in [2.05, 4.69) is 150 Å². The van der Waals surface area contributed by atoms with E-state index in [1.807, 2.05) is 59.9 Å². The molecule has 0 fully saturated rings. The molecule has 5 aromatic rings. The zero-order chi connectivity index (χ0) is 30.2. The van der Waals surface area contributed by atoms with Gasteiger partial charge in [0.1, 0.15) is 11.8 Å². The Labute approximate surface area is 259 Å². The Balaban J connectivity index is 0.000000162. The first-order valence-electron chi connectivity index (χ1n) is 15.0. The van der Waals surface area contributed by atoms with Gasteiger partial charge in [0.15, 0.2) is 0 Å². The predicted octanol–water partition coefficient (Wildman–Crippen LogP) is 6.43. The van der Waals surface area contributed by atoms with Crippen LogP contribution in [-0.2, 0) is 14.1 Å². The van der Waals surface area contributed by atoms with E-state index >= 15 is 0 Å². The largest absolute Gasteiger partial charge is 0.421 e. The van der Waals surface area contributed by atoms with E-state index in [9.17, 15) is 0 Å². The molecule has 7 rings (SSSR count). The number of hydrogen-bond donors (Lipinski definition) is 0. The van der Waals surface area contributed by atoms with Crippen LogP contribution in [0.25, 0.3) is 11.1 Å². The first-order chi connectivity index (χ1) is 21.7. The highest BCUT2D eigenvalue weighted by Gasteiger charge is 2.31. The Morgan fingerprint density at radius 3 is 1.36 bits per heavy atom. The third kappa shape index (κ3) is 5.73. The fourth-order valence-corrected chi connectivity index (χ4v) is 6.23. The van der Waals surface area contributed by atoms with Gasteiger partial charge in [0.25, 0.3) is 0 Å². The minimum absolute atomic E-state index is 0.814. The van der Waals surface area contributed by atoms with Gasteiger partial charge in [0.2, 0.25) is 0 Å². The van der Waals surface area contributed by atoms with E-state index in [1.165, 1.54) is 27.4 Å². The quantitative estimate of drug-likeness (QED) is 0.125. The summed E-state index contributed by atoms with van der Waals surface area (Å²) in [5.41, 5.74) is 8.54. The Morgan fingerprint density at radius 1 is 0.500 bits per heavy atom. The molecule has 2 aliphatic rings. The average molecular weight is 571 g/mol. The van der Waals surface area contributed by atoms with Crippen molar-refractivity contribution < 1.29 is 4.57 Å². The van der Waals surface area contributed by atoms with Crippen molar-refractivity contribution in [3.05, 3.63) is 176 Å². The lowest BCUT2D eigenvalue weighted by atomic mass is 9.13. The summed E-state index contributed by atoms with van der Waals surface area (Å²) in [4.78, 5) is 0. The molecule has 0 unspecified atom stereocenters. The lowest BCUT2D eigenvalue weighted by Crippen LogP contribution is -2.74. The molecule has 0 spiro atoms. The number of imidazole rings is 1. The van der Waals surface area contributed by atoms with E-state index in [0.29, 0.717) is 0 Å². The highest BCUT2D eigenvalue weighted by atomic mass is 15.3. The lowest BCUT2D eigenvalue weighted by molar-refractivity contribution is -0.657. The molecule has 0 atom stereocenters. The molecule has 5 heteroatoms. The van der Waals surface area contributed by atoms with Crippen molar-refractivity contribution in [3.63, 3.8) is 0 Å². The van der Waals surface area contributed by atoms with Crippen LogP contribution < -0.4 is 26.4 Å². The van der Waals surface area contributed by atoms with Gasteiger partial charge in [-0.15, -0.1) is 0 Å². The molecule has 214 valence electrons. The number of aryl methyl sites for hydroxylation is 2. The molecule has 0 amide bonds. The number of aromatic nitrogens is 2. The molecule has 0 bridgehead atoms. The third-order valence-corrected chi connectivity index (χ3v) is 8.36. The number of hydrogen-bond acceptors (Lipinski definition) is 2. The molecule has 0 N–H and O–H groups in total. The number of azo groups is 1. The van der Waals surface area contributed by atoms with E-state index in [1.54, 1.807) is 0 Å². The van der Waals surface area contributed by atoms with Gasteiger partial charge in [-0.25, -0.2) is 9.13 Å². The maximum Gasteiger partial charge on any atom is 0.421 e. The van der Waals surface area contributed by atoms with Gasteiger partial charge >= 0.3 is 5.95 Å². The predicted molar refractivity (Wildman–Crippen MR) is 184 cm³/mol. The molecule has 4 nitrogen and oxygen atoms in total. The summed E-state index contributed by atoms with van der Waals surface area (Å²) in [5, 5.41) is 8.70. The van der Waals surface area contributed by atoms with E-state index in [0.717, 1.165) is 17.2 Å². The van der Waals surface area contributed by atoms with Crippen molar-refractivity contribution in [2.24, 2.45) is 24.3 Å². The molecule has 2 aliphatic carbocycles. The van der Waals surface area contributed by atoms with Crippen LogP contribution in [0.3, 0.4) is 0 Å². The zero-order valence-corrected chi connectivity index (χ0v) is 25.1. The van der Waals surface area contributed by atoms with Crippen molar-refractivity contribution >= 4 is 39.6 Å². The van der Waals surface area contributed by atoms with Crippen LogP contribution in [0.1, 0.15) is 0 Å². The summed E-state index contributed by atoms with van der Waals surface area (Å²) in [7, 11) is 3.91. The first-order valence-corrected chi connectivity index (χ1v) is 15.0. The molecule has 0 aliphatic heterocycles. The summed E-state index contributed by atoms with van der Waals surface area (Å²) in [6.45, 7) is 0. The average Bonchev–Trinajstić information content (AvgIpc) is 3.52. The van der Waals surface area contributed by atoms with Gasteiger partial charge in [-0.2, -0.15) is 21.9 Å². The van der Waals surface area contributed by atoms with Crippen LogP contribution in [0, 0.1) is 0 Å². The number of benzene rings is 4. The van der Waals surface area contributed by atoms with Crippen molar-refractivity contribution in [1.29, 1.82) is 0 Å². The van der Waals surface area contributed by atoms with Crippen LogP contribution in [0.15, 0.2) is 186 Å². The SMILES string of the molecule is Cn1cc[n+](C)c1N=Nc1ccc2cccccc1-2.c1ccc([B-](c2ccccc2)(c2ccccc2)c2ccccc2)cc1. The van der Waals surface area contributed by atoms with Crippen molar-refractivity contribution in [2.75, 3.05) is 0 Å². The molecule has 1 heterocycles. The standard InChI is InChI=1S/C24H20B.C15H15N4/c1-5-13-21(14-6-1)25(22-15-7-2-8-16-22,23-17-9-3-10-18-23)24-19-11-4-12-20-24;1-18-10-11-19(2)15(18)17-16-14-9-8-12-6-4-3-5-7-13(12)14/h1-20H;3-11H,1-2H3/q-1;+1. The van der Waals surface area contributed by atoms with Crippen molar-refractivity contribution in [2.45, 2.75) is 0 Å². The molecule has 0 radical (unpaired) electrons. The Hall–Kier alpha value is -5.55. The van der Waals surface area contributed by atoms with Crippen LogP contribution >= 0.6 is 0 Å². The van der Waals surface area contributed by atoms with Crippen LogP contribution in [0.5, 0.6) is 0 Å². The minimum Gasteiger partial charge on any atom is -0.233 e. The third-order valence-electron chi connectivity index (χ3n) is 8.36. The van der Waals surface area contributed by atoms with Gasteiger partial charge in [-0.1, -0.05) is 163 Å². The van der Waals surface area contributed by atoms with Gasteiger partial charge < -0.3 is 0 Å².